The largest absolute Gasteiger partial charge is 0.489 e. The number of amides is 1. The molecule has 0 fully saturated rings. The van der Waals surface area contributed by atoms with Crippen molar-refractivity contribution in [3.63, 3.8) is 0 Å². The highest BCUT2D eigenvalue weighted by atomic mass is 16.6. The van der Waals surface area contributed by atoms with Crippen LogP contribution in [0, 0.1) is 10.1 Å². The Morgan fingerprint density at radius 3 is 2.44 bits per heavy atom. The lowest BCUT2D eigenvalue weighted by Crippen LogP contribution is -2.27. The molecule has 9 heteroatoms. The van der Waals surface area contributed by atoms with E-state index < -0.39 is 16.6 Å². The number of ether oxygens (including phenoxy) is 3. The molecule has 146 valence electrons. The van der Waals surface area contributed by atoms with Crippen molar-refractivity contribution in [3.05, 3.63) is 46.8 Å². The van der Waals surface area contributed by atoms with Crippen LogP contribution >= 0.6 is 0 Å². The molecule has 0 saturated heterocycles. The summed E-state index contributed by atoms with van der Waals surface area (Å²) in [7, 11) is 1.54. The highest BCUT2D eigenvalue weighted by Crippen LogP contribution is 2.35. The molecule has 0 aliphatic heterocycles. The first kappa shape index (κ1) is 20.2. The Bertz CT molecular complexity index is 796. The van der Waals surface area contributed by atoms with Crippen LogP contribution in [0.1, 0.15) is 20.8 Å². The molecule has 0 aliphatic rings. The van der Waals surface area contributed by atoms with E-state index in [2.05, 4.69) is 5.32 Å². The smallest absolute Gasteiger partial charge is 0.412 e. The molecule has 2 rings (SSSR count). The molecule has 0 bridgehead atoms. The van der Waals surface area contributed by atoms with Gasteiger partial charge in [-0.3, -0.25) is 15.4 Å². The molecule has 27 heavy (non-hydrogen) atoms. The highest BCUT2D eigenvalue weighted by molar-refractivity contribution is 5.89. The van der Waals surface area contributed by atoms with Gasteiger partial charge in [-0.05, 0) is 32.9 Å². The van der Waals surface area contributed by atoms with Crippen molar-refractivity contribution in [2.75, 3.05) is 25.6 Å². The number of anilines is 1. The third-order valence-electron chi connectivity index (χ3n) is 3.34. The second kappa shape index (κ2) is 8.54. The van der Waals surface area contributed by atoms with Crippen LogP contribution in [0.3, 0.4) is 0 Å². The Morgan fingerprint density at radius 1 is 1.22 bits per heavy atom. The summed E-state index contributed by atoms with van der Waals surface area (Å²) < 4.78 is 17.5. The second-order valence-corrected chi connectivity index (χ2v) is 6.65. The van der Waals surface area contributed by atoms with Gasteiger partial charge >= 0.3 is 6.09 Å². The minimum absolute atomic E-state index is 0.0161. The predicted molar refractivity (Wildman–Crippen MR) is 99.7 cm³/mol. The Balaban J connectivity index is 2.43. The highest BCUT2D eigenvalue weighted by Gasteiger charge is 2.24. The van der Waals surface area contributed by atoms with Crippen LogP contribution in [-0.2, 0) is 9.47 Å². The second-order valence-electron chi connectivity index (χ2n) is 6.65. The standard InChI is InChI=1S/C18H23N3O6/c1-18(2,3)27-17(22)19-13-11-16(26-10-9-25-4)15(12-14(13)21(23)24)20-7-5-6-8-20/h5-8,11-12H,9-10H2,1-4H3,(H,19,22). The average molecular weight is 377 g/mol. The number of rotatable bonds is 7. The molecule has 1 N–H and O–H groups in total. The van der Waals surface area contributed by atoms with E-state index in [4.69, 9.17) is 14.2 Å². The van der Waals surface area contributed by atoms with Crippen molar-refractivity contribution in [2.45, 2.75) is 26.4 Å². The lowest BCUT2D eigenvalue weighted by Gasteiger charge is -2.20. The van der Waals surface area contributed by atoms with Gasteiger partial charge in [-0.15, -0.1) is 0 Å². The van der Waals surface area contributed by atoms with E-state index in [0.717, 1.165) is 0 Å². The van der Waals surface area contributed by atoms with Crippen LogP contribution in [-0.4, -0.2) is 41.5 Å². The van der Waals surface area contributed by atoms with Crippen molar-refractivity contribution in [2.24, 2.45) is 0 Å². The molecule has 9 nitrogen and oxygen atoms in total. The minimum atomic E-state index is -0.790. The molecule has 0 saturated carbocycles. The molecule has 1 heterocycles. The van der Waals surface area contributed by atoms with Crippen LogP contribution < -0.4 is 10.1 Å². The van der Waals surface area contributed by atoms with Gasteiger partial charge in [-0.25, -0.2) is 4.79 Å². The van der Waals surface area contributed by atoms with Crippen LogP contribution in [0.2, 0.25) is 0 Å². The summed E-state index contributed by atoms with van der Waals surface area (Å²) in [5.74, 6) is 0.361. The van der Waals surface area contributed by atoms with Gasteiger partial charge in [0.2, 0.25) is 0 Å². The van der Waals surface area contributed by atoms with Gasteiger partial charge < -0.3 is 18.8 Å². The van der Waals surface area contributed by atoms with Crippen molar-refractivity contribution >= 4 is 17.5 Å². The SMILES string of the molecule is COCCOc1cc(NC(=O)OC(C)(C)C)c([N+](=O)[O-])cc1-n1cccc1. The topological polar surface area (TPSA) is 105 Å². The van der Waals surface area contributed by atoms with Crippen molar-refractivity contribution < 1.29 is 23.9 Å². The molecule has 0 unspecified atom stereocenters. The van der Waals surface area contributed by atoms with E-state index in [1.165, 1.54) is 12.1 Å². The maximum absolute atomic E-state index is 12.1. The van der Waals surface area contributed by atoms with Gasteiger partial charge in [0.15, 0.2) is 0 Å². The number of hydrogen-bond acceptors (Lipinski definition) is 6. The van der Waals surface area contributed by atoms with E-state index >= 15 is 0 Å². The molecule has 2 aromatic rings. The number of methoxy groups -OCH3 is 1. The van der Waals surface area contributed by atoms with Crippen molar-refractivity contribution in [1.82, 2.24) is 4.57 Å². The monoisotopic (exact) mass is 377 g/mol. The zero-order valence-electron chi connectivity index (χ0n) is 15.7. The third-order valence-corrected chi connectivity index (χ3v) is 3.34. The third kappa shape index (κ3) is 5.71. The van der Waals surface area contributed by atoms with Gasteiger partial charge in [0.25, 0.3) is 5.69 Å². The summed E-state index contributed by atoms with van der Waals surface area (Å²) in [4.78, 5) is 23.0. The minimum Gasteiger partial charge on any atom is -0.489 e. The van der Waals surface area contributed by atoms with Crippen LogP contribution in [0.15, 0.2) is 36.7 Å². The Labute approximate surface area is 157 Å². The number of carbonyl (C=O) groups excluding carboxylic acids is 1. The van der Waals surface area contributed by atoms with Gasteiger partial charge in [-0.1, -0.05) is 0 Å². The number of nitrogens with one attached hydrogen (secondary N) is 1. The Morgan fingerprint density at radius 2 is 1.89 bits per heavy atom. The fraction of sp³-hybridized carbons (Fsp3) is 0.389. The molecule has 0 radical (unpaired) electrons. The molecule has 0 atom stereocenters. The molecule has 0 aliphatic carbocycles. The number of nitro benzene ring substituents is 1. The molecule has 1 amide bonds. The zero-order chi connectivity index (χ0) is 20.0. The quantitative estimate of drug-likeness (QED) is 0.447. The van der Waals surface area contributed by atoms with Gasteiger partial charge in [-0.2, -0.15) is 0 Å². The van der Waals surface area contributed by atoms with Gasteiger partial charge in [0.05, 0.1) is 17.2 Å². The number of hydrogen-bond donors (Lipinski definition) is 1. The fourth-order valence-corrected chi connectivity index (χ4v) is 2.27. The summed E-state index contributed by atoms with van der Waals surface area (Å²) >= 11 is 0. The van der Waals surface area contributed by atoms with E-state index in [0.29, 0.717) is 18.0 Å². The summed E-state index contributed by atoms with van der Waals surface area (Å²) in [6.45, 7) is 5.70. The summed E-state index contributed by atoms with van der Waals surface area (Å²) in [6.07, 6.45) is 2.69. The maximum Gasteiger partial charge on any atom is 0.412 e. The molecule has 0 spiro atoms. The summed E-state index contributed by atoms with van der Waals surface area (Å²) in [6, 6.07) is 6.33. The lowest BCUT2D eigenvalue weighted by atomic mass is 10.2. The summed E-state index contributed by atoms with van der Waals surface area (Å²) in [5, 5.41) is 14.0. The normalized spacial score (nSPS) is 11.1. The van der Waals surface area contributed by atoms with E-state index in [-0.39, 0.29) is 18.0 Å². The fourth-order valence-electron chi connectivity index (χ4n) is 2.27. The number of carbonyl (C=O) groups is 1. The molecule has 1 aromatic carbocycles. The number of benzene rings is 1. The van der Waals surface area contributed by atoms with Gasteiger partial charge in [0.1, 0.15) is 23.6 Å². The summed E-state index contributed by atoms with van der Waals surface area (Å²) in [5.41, 5.74) is -0.555. The van der Waals surface area contributed by atoms with Gasteiger partial charge in [0, 0.05) is 31.6 Å². The average Bonchev–Trinajstić information content (AvgIpc) is 3.07. The van der Waals surface area contributed by atoms with Crippen molar-refractivity contribution in [1.29, 1.82) is 0 Å². The van der Waals surface area contributed by atoms with Crippen LogP contribution in [0.4, 0.5) is 16.2 Å². The van der Waals surface area contributed by atoms with E-state index in [9.17, 15) is 14.9 Å². The molecular weight excluding hydrogens is 354 g/mol. The van der Waals surface area contributed by atoms with Crippen molar-refractivity contribution in [3.8, 4) is 11.4 Å². The lowest BCUT2D eigenvalue weighted by molar-refractivity contribution is -0.383. The first-order chi connectivity index (χ1) is 12.7. The molecular formula is C18H23N3O6. The predicted octanol–water partition coefficient (Wildman–Crippen LogP) is 3.76. The van der Waals surface area contributed by atoms with Crippen LogP contribution in [0.25, 0.3) is 5.69 Å². The Hall–Kier alpha value is -3.07. The molecule has 1 aromatic heterocycles. The number of nitro groups is 1. The van der Waals surface area contributed by atoms with E-state index in [1.807, 2.05) is 0 Å². The Kier molecular flexibility index (Phi) is 6.40. The first-order valence-corrected chi connectivity index (χ1v) is 8.29. The zero-order valence-corrected chi connectivity index (χ0v) is 15.7. The number of nitrogens with zero attached hydrogens (tertiary/aromatic N) is 2. The van der Waals surface area contributed by atoms with E-state index in [1.54, 1.807) is 57.0 Å². The maximum atomic E-state index is 12.1. The van der Waals surface area contributed by atoms with Crippen LogP contribution in [0.5, 0.6) is 5.75 Å². The number of aromatic nitrogens is 1. The first-order valence-electron chi connectivity index (χ1n) is 8.29.